The number of hydrogen-bond acceptors (Lipinski definition) is 7. The Morgan fingerprint density at radius 3 is 2.53 bits per heavy atom. The Labute approximate surface area is 186 Å². The lowest BCUT2D eigenvalue weighted by Gasteiger charge is -2.26. The van der Waals surface area contributed by atoms with E-state index in [0.717, 1.165) is 12.8 Å². The second kappa shape index (κ2) is 8.55. The summed E-state index contributed by atoms with van der Waals surface area (Å²) >= 11 is 0. The molecule has 1 saturated heterocycles. The average molecular weight is 451 g/mol. The third-order valence-electron chi connectivity index (χ3n) is 5.64. The van der Waals surface area contributed by atoms with Crippen molar-refractivity contribution in [3.8, 4) is 0 Å². The molecule has 2 aromatic heterocycles. The molecular formula is C21H23F3N6O2. The number of rotatable bonds is 5. The summed E-state index contributed by atoms with van der Waals surface area (Å²) in [6.45, 7) is -3.45. The van der Waals surface area contributed by atoms with Crippen LogP contribution in [0.1, 0.15) is 42.3 Å². The molecule has 5 rings (SSSR count). The highest BCUT2D eigenvalue weighted by atomic mass is 19.1. The Balaban J connectivity index is 1.56. The quantitative estimate of drug-likeness (QED) is 0.545. The minimum Gasteiger partial charge on any atom is -0.393 e. The maximum absolute atomic E-state index is 14.4. The number of anilines is 3. The summed E-state index contributed by atoms with van der Waals surface area (Å²) in [4.78, 5) is 13.1. The SMILES string of the molecule is [2H]C1OC([2H])([2H])CC1n1c(Nc2c(F)cc(F)cc2F)nc2cnc(NC3CCC(O)CC3)nc21. The fourth-order valence-corrected chi connectivity index (χ4v) is 4.00. The zero-order chi connectivity index (χ0) is 24.9. The van der Waals surface area contributed by atoms with Crippen molar-refractivity contribution in [1.29, 1.82) is 0 Å². The Morgan fingerprint density at radius 1 is 1.09 bits per heavy atom. The third-order valence-corrected chi connectivity index (χ3v) is 5.64. The summed E-state index contributed by atoms with van der Waals surface area (Å²) in [6, 6.07) is 0.148. The molecule has 1 aliphatic heterocycles. The van der Waals surface area contributed by atoms with Crippen LogP contribution >= 0.6 is 0 Å². The number of benzene rings is 1. The molecule has 2 unspecified atom stereocenters. The summed E-state index contributed by atoms with van der Waals surface area (Å²) in [7, 11) is 0. The second-order valence-corrected chi connectivity index (χ2v) is 7.90. The molecule has 2 aliphatic rings. The van der Waals surface area contributed by atoms with Crippen molar-refractivity contribution in [2.75, 3.05) is 23.8 Å². The van der Waals surface area contributed by atoms with Crippen molar-refractivity contribution in [3.05, 3.63) is 35.8 Å². The number of fused-ring (bicyclic) bond motifs is 1. The first-order valence-electron chi connectivity index (χ1n) is 11.9. The fraction of sp³-hybridized carbons (Fsp3) is 0.476. The average Bonchev–Trinajstić information content (AvgIpc) is 3.26. The molecule has 0 spiro atoms. The predicted octanol–water partition coefficient (Wildman–Crippen LogP) is 3.66. The first-order chi connectivity index (χ1) is 16.6. The highest BCUT2D eigenvalue weighted by Gasteiger charge is 2.27. The number of aliphatic hydroxyl groups excluding tert-OH is 1. The number of aliphatic hydroxyl groups is 1. The van der Waals surface area contributed by atoms with Crippen LogP contribution in [-0.2, 0) is 4.74 Å². The van der Waals surface area contributed by atoms with Gasteiger partial charge in [-0.2, -0.15) is 4.98 Å². The largest absolute Gasteiger partial charge is 0.393 e. The van der Waals surface area contributed by atoms with Crippen LogP contribution in [0.3, 0.4) is 0 Å². The number of halogens is 3. The Kier molecular flexibility index (Phi) is 4.71. The van der Waals surface area contributed by atoms with Gasteiger partial charge >= 0.3 is 0 Å². The van der Waals surface area contributed by atoms with E-state index < -0.39 is 42.3 Å². The fourth-order valence-electron chi connectivity index (χ4n) is 4.00. The monoisotopic (exact) mass is 451 g/mol. The van der Waals surface area contributed by atoms with Crippen molar-refractivity contribution < 1.29 is 27.1 Å². The van der Waals surface area contributed by atoms with E-state index in [1.54, 1.807) is 0 Å². The van der Waals surface area contributed by atoms with Gasteiger partial charge in [-0.15, -0.1) is 0 Å². The van der Waals surface area contributed by atoms with Gasteiger partial charge in [-0.05, 0) is 32.1 Å². The summed E-state index contributed by atoms with van der Waals surface area (Å²) in [6.07, 6.45) is 3.59. The molecule has 0 amide bonds. The third kappa shape index (κ3) is 4.09. The van der Waals surface area contributed by atoms with Crippen molar-refractivity contribution in [2.24, 2.45) is 0 Å². The van der Waals surface area contributed by atoms with Crippen LogP contribution in [0.15, 0.2) is 18.3 Å². The molecule has 2 atom stereocenters. The standard InChI is InChI=1S/C21H23F3N6O2/c22-11-7-15(23)18(16(24)8-11)28-21-27-17-9-25-20(26-12-1-3-14(31)4-2-12)29-19(17)30(21)13-5-6-32-10-13/h7-9,12-14,31H,1-6,10H2,(H,27,28)(H,25,26,29)/i6D2,10D. The van der Waals surface area contributed by atoms with Crippen LogP contribution < -0.4 is 10.6 Å². The van der Waals surface area contributed by atoms with Gasteiger partial charge in [-0.25, -0.2) is 23.1 Å². The van der Waals surface area contributed by atoms with E-state index >= 15 is 0 Å². The van der Waals surface area contributed by atoms with Crippen molar-refractivity contribution in [3.63, 3.8) is 0 Å². The molecular weight excluding hydrogens is 425 g/mol. The lowest BCUT2D eigenvalue weighted by Crippen LogP contribution is -2.29. The molecule has 1 saturated carbocycles. The van der Waals surface area contributed by atoms with Crippen LogP contribution in [0.2, 0.25) is 0 Å². The summed E-state index contributed by atoms with van der Waals surface area (Å²) in [5.41, 5.74) is -0.217. The molecule has 0 radical (unpaired) electrons. The molecule has 8 nitrogen and oxygen atoms in total. The normalized spacial score (nSPS) is 28.8. The molecule has 170 valence electrons. The zero-order valence-electron chi connectivity index (χ0n) is 19.9. The first kappa shape index (κ1) is 17.6. The topological polar surface area (TPSA) is 97.1 Å². The Bertz CT molecular complexity index is 1230. The van der Waals surface area contributed by atoms with E-state index in [0.29, 0.717) is 25.0 Å². The van der Waals surface area contributed by atoms with Gasteiger partial charge in [-0.3, -0.25) is 4.57 Å². The molecule has 32 heavy (non-hydrogen) atoms. The molecule has 1 aliphatic carbocycles. The maximum atomic E-state index is 14.4. The summed E-state index contributed by atoms with van der Waals surface area (Å²) in [5, 5.41) is 15.5. The maximum Gasteiger partial charge on any atom is 0.224 e. The smallest absolute Gasteiger partial charge is 0.224 e. The van der Waals surface area contributed by atoms with Crippen LogP contribution in [0.5, 0.6) is 0 Å². The second-order valence-electron chi connectivity index (χ2n) is 7.90. The number of ether oxygens (including phenoxy) is 1. The summed E-state index contributed by atoms with van der Waals surface area (Å²) < 4.78 is 72.6. The van der Waals surface area contributed by atoms with Gasteiger partial charge in [0.05, 0.1) is 29.0 Å². The van der Waals surface area contributed by atoms with Crippen molar-refractivity contribution in [2.45, 2.75) is 50.3 Å². The summed E-state index contributed by atoms with van der Waals surface area (Å²) in [5.74, 6) is -3.32. The number of hydrogen-bond donors (Lipinski definition) is 3. The van der Waals surface area contributed by atoms with Gasteiger partial charge in [0.15, 0.2) is 17.3 Å². The molecule has 3 aromatic rings. The lowest BCUT2D eigenvalue weighted by atomic mass is 9.93. The number of nitrogens with zero attached hydrogens (tertiary/aromatic N) is 4. The Morgan fingerprint density at radius 2 is 1.84 bits per heavy atom. The minimum absolute atomic E-state index is 0.0418. The highest BCUT2D eigenvalue weighted by molar-refractivity contribution is 5.76. The molecule has 2 fully saturated rings. The number of imidazole rings is 1. The van der Waals surface area contributed by atoms with E-state index in [-0.39, 0.29) is 41.6 Å². The molecule has 1 aromatic carbocycles. The van der Waals surface area contributed by atoms with E-state index in [1.165, 1.54) is 10.8 Å². The number of nitrogens with one attached hydrogen (secondary N) is 2. The van der Waals surface area contributed by atoms with E-state index in [4.69, 9.17) is 8.85 Å². The van der Waals surface area contributed by atoms with Gasteiger partial charge in [-0.1, -0.05) is 0 Å². The van der Waals surface area contributed by atoms with Crippen LogP contribution in [-0.4, -0.2) is 49.9 Å². The molecule has 3 N–H and O–H groups in total. The van der Waals surface area contributed by atoms with Gasteiger partial charge < -0.3 is 20.5 Å². The van der Waals surface area contributed by atoms with Crippen molar-refractivity contribution >= 4 is 28.7 Å². The molecule has 0 bridgehead atoms. The highest BCUT2D eigenvalue weighted by Crippen LogP contribution is 2.32. The zero-order valence-corrected chi connectivity index (χ0v) is 16.9. The number of aromatic nitrogens is 4. The van der Waals surface area contributed by atoms with Crippen LogP contribution in [0, 0.1) is 17.5 Å². The lowest BCUT2D eigenvalue weighted by molar-refractivity contribution is 0.126. The molecule has 3 heterocycles. The van der Waals surface area contributed by atoms with E-state index in [1.807, 2.05) is 0 Å². The van der Waals surface area contributed by atoms with E-state index in [9.17, 15) is 18.3 Å². The van der Waals surface area contributed by atoms with Crippen LogP contribution in [0.4, 0.5) is 30.8 Å². The minimum atomic E-state index is -2.10. The predicted molar refractivity (Wildman–Crippen MR) is 111 cm³/mol. The molecule has 11 heteroatoms. The first-order valence-corrected chi connectivity index (χ1v) is 10.3. The van der Waals surface area contributed by atoms with Gasteiger partial charge in [0, 0.05) is 24.7 Å². The van der Waals surface area contributed by atoms with Gasteiger partial charge in [0.2, 0.25) is 11.9 Å². The van der Waals surface area contributed by atoms with Crippen molar-refractivity contribution in [1.82, 2.24) is 19.5 Å². The van der Waals surface area contributed by atoms with Gasteiger partial charge in [0.1, 0.15) is 17.0 Å². The van der Waals surface area contributed by atoms with Gasteiger partial charge in [0.25, 0.3) is 0 Å². The van der Waals surface area contributed by atoms with E-state index in [2.05, 4.69) is 25.6 Å². The van der Waals surface area contributed by atoms with Crippen LogP contribution in [0.25, 0.3) is 11.2 Å². The Hall–Kier alpha value is -2.92.